The molecule has 1 atom stereocenters. The molecule has 2 aromatic carbocycles. The fourth-order valence-corrected chi connectivity index (χ4v) is 4.80. The van der Waals surface area contributed by atoms with Crippen molar-refractivity contribution in [3.8, 4) is 0 Å². The van der Waals surface area contributed by atoms with E-state index < -0.39 is 11.0 Å². The number of allylic oxidation sites excluding steroid dienone is 1. The summed E-state index contributed by atoms with van der Waals surface area (Å²) in [5, 5.41) is 14.7. The van der Waals surface area contributed by atoms with Crippen molar-refractivity contribution in [2.75, 3.05) is 10.2 Å². The number of anilines is 2. The normalized spacial score (nSPS) is 19.5. The number of rotatable bonds is 4. The number of nitrogens with zero attached hydrogens (tertiary/aromatic N) is 2. The molecule has 4 rings (SSSR count). The molecule has 2 aromatic rings. The molecule has 1 aliphatic heterocycles. The number of non-ortho nitro benzene ring substituents is 1. The maximum Gasteiger partial charge on any atom is 0.269 e. The minimum atomic E-state index is -0.660. The number of carbonyl (C=O) groups is 2. The van der Waals surface area contributed by atoms with E-state index in [0.29, 0.717) is 36.1 Å². The molecule has 0 saturated heterocycles. The number of para-hydroxylation sites is 2. The van der Waals surface area contributed by atoms with E-state index in [1.165, 1.54) is 12.1 Å². The molecule has 1 N–H and O–H groups in total. The summed E-state index contributed by atoms with van der Waals surface area (Å²) < 4.78 is 0. The third-order valence-electron chi connectivity index (χ3n) is 6.17. The number of Topliss-reactive ketones (excluding diaryl/α,β-unsaturated/α-hetero) is 1. The highest BCUT2D eigenvalue weighted by molar-refractivity contribution is 6.06. The second-order valence-corrected chi connectivity index (χ2v) is 10.1. The molecule has 0 radical (unpaired) electrons. The summed E-state index contributed by atoms with van der Waals surface area (Å²) in [4.78, 5) is 39.7. The quantitative estimate of drug-likeness (QED) is 0.473. The third kappa shape index (κ3) is 4.40. The van der Waals surface area contributed by atoms with Gasteiger partial charge in [-0.3, -0.25) is 24.6 Å². The first-order chi connectivity index (χ1) is 15.6. The number of nitrogens with one attached hydrogen (secondary N) is 1. The van der Waals surface area contributed by atoms with Crippen molar-refractivity contribution in [2.24, 2.45) is 11.3 Å². The van der Waals surface area contributed by atoms with E-state index >= 15 is 0 Å². The zero-order chi connectivity index (χ0) is 23.9. The lowest BCUT2D eigenvalue weighted by Crippen LogP contribution is -2.39. The number of hydrogen-bond acceptors (Lipinski definition) is 5. The van der Waals surface area contributed by atoms with Crippen LogP contribution in [-0.2, 0) is 9.59 Å². The van der Waals surface area contributed by atoms with Gasteiger partial charge in [0.25, 0.3) is 5.69 Å². The van der Waals surface area contributed by atoms with Gasteiger partial charge < -0.3 is 5.32 Å². The van der Waals surface area contributed by atoms with E-state index in [1.54, 1.807) is 17.0 Å². The molecule has 33 heavy (non-hydrogen) atoms. The predicted octanol–water partition coefficient (Wildman–Crippen LogP) is 5.78. The predicted molar refractivity (Wildman–Crippen MR) is 128 cm³/mol. The summed E-state index contributed by atoms with van der Waals surface area (Å²) in [6, 6.07) is 13.1. The summed E-state index contributed by atoms with van der Waals surface area (Å²) >= 11 is 0. The lowest BCUT2D eigenvalue weighted by Gasteiger charge is -2.37. The van der Waals surface area contributed by atoms with Gasteiger partial charge in [0.2, 0.25) is 5.91 Å². The van der Waals surface area contributed by atoms with Crippen LogP contribution in [-0.4, -0.2) is 16.6 Å². The number of amides is 1. The Bertz CT molecular complexity index is 1150. The van der Waals surface area contributed by atoms with Gasteiger partial charge in [0.1, 0.15) is 0 Å². The Kier molecular flexibility index (Phi) is 5.82. The van der Waals surface area contributed by atoms with Gasteiger partial charge in [-0.05, 0) is 47.6 Å². The maximum atomic E-state index is 13.6. The van der Waals surface area contributed by atoms with Crippen LogP contribution < -0.4 is 10.2 Å². The van der Waals surface area contributed by atoms with Gasteiger partial charge in [-0.2, -0.15) is 0 Å². The summed E-state index contributed by atoms with van der Waals surface area (Å²) in [5.41, 5.74) is 3.29. The average Bonchev–Trinajstić information content (AvgIpc) is 2.86. The van der Waals surface area contributed by atoms with E-state index in [1.807, 2.05) is 38.1 Å². The molecule has 0 aromatic heterocycles. The summed E-state index contributed by atoms with van der Waals surface area (Å²) in [6.45, 7) is 8.10. The second-order valence-electron chi connectivity index (χ2n) is 10.1. The molecule has 0 spiro atoms. The van der Waals surface area contributed by atoms with E-state index in [4.69, 9.17) is 0 Å². The fourth-order valence-electron chi connectivity index (χ4n) is 4.80. The zero-order valence-electron chi connectivity index (χ0n) is 19.4. The minimum Gasteiger partial charge on any atom is -0.357 e. The van der Waals surface area contributed by atoms with Crippen molar-refractivity contribution in [1.29, 1.82) is 0 Å². The van der Waals surface area contributed by atoms with Crippen LogP contribution in [0.5, 0.6) is 0 Å². The number of nitro benzene ring substituents is 1. The monoisotopic (exact) mass is 447 g/mol. The first-order valence-corrected chi connectivity index (χ1v) is 11.3. The number of benzene rings is 2. The molecule has 2 aliphatic rings. The summed E-state index contributed by atoms with van der Waals surface area (Å²) in [5.74, 6) is 0.0362. The van der Waals surface area contributed by atoms with E-state index in [0.717, 1.165) is 11.4 Å². The molecule has 0 bridgehead atoms. The standard InChI is InChI=1S/C26H29N3O4/c1-16(2)13-23(31)28-21-8-6-5-7-19(21)27-20-14-26(3,4)15-22(30)24(20)25(28)17-9-11-18(12-10-17)29(32)33/h5-12,16,25,27H,13-15H2,1-4H3/t25-/m0/s1. The number of hydrogen-bond donors (Lipinski definition) is 1. The number of nitro groups is 1. The maximum absolute atomic E-state index is 13.6. The molecule has 7 heteroatoms. The van der Waals surface area contributed by atoms with Crippen LogP contribution in [0.1, 0.15) is 58.6 Å². The molecular weight excluding hydrogens is 418 g/mol. The number of fused-ring (bicyclic) bond motifs is 1. The highest BCUT2D eigenvalue weighted by atomic mass is 16.6. The fraction of sp³-hybridized carbons (Fsp3) is 0.385. The van der Waals surface area contributed by atoms with Crippen molar-refractivity contribution in [3.63, 3.8) is 0 Å². The molecular formula is C26H29N3O4. The first kappa shape index (κ1) is 22.7. The molecule has 7 nitrogen and oxygen atoms in total. The van der Waals surface area contributed by atoms with E-state index in [2.05, 4.69) is 19.2 Å². The van der Waals surface area contributed by atoms with Crippen molar-refractivity contribution in [3.05, 3.63) is 75.5 Å². The Morgan fingerprint density at radius 1 is 1.15 bits per heavy atom. The second kappa shape index (κ2) is 8.46. The smallest absolute Gasteiger partial charge is 0.269 e. The largest absolute Gasteiger partial charge is 0.357 e. The first-order valence-electron chi connectivity index (χ1n) is 11.3. The van der Waals surface area contributed by atoms with Gasteiger partial charge >= 0.3 is 0 Å². The molecule has 1 amide bonds. The summed E-state index contributed by atoms with van der Waals surface area (Å²) in [7, 11) is 0. The molecule has 172 valence electrons. The van der Waals surface area contributed by atoms with E-state index in [9.17, 15) is 19.7 Å². The van der Waals surface area contributed by atoms with Gasteiger partial charge in [-0.15, -0.1) is 0 Å². The van der Waals surface area contributed by atoms with Gasteiger partial charge in [-0.25, -0.2) is 0 Å². The Labute approximate surface area is 193 Å². The topological polar surface area (TPSA) is 92.6 Å². The van der Waals surface area contributed by atoms with Crippen LogP contribution in [0.4, 0.5) is 17.1 Å². The molecule has 0 saturated carbocycles. The Hall–Kier alpha value is -3.48. The zero-order valence-corrected chi connectivity index (χ0v) is 19.4. The highest BCUT2D eigenvalue weighted by Crippen LogP contribution is 2.48. The van der Waals surface area contributed by atoms with Crippen LogP contribution in [0, 0.1) is 21.4 Å². The Balaban J connectivity index is 1.97. The van der Waals surface area contributed by atoms with Gasteiger partial charge in [0.15, 0.2) is 5.78 Å². The van der Waals surface area contributed by atoms with Gasteiger partial charge in [-0.1, -0.05) is 39.8 Å². The molecule has 0 unspecified atom stereocenters. The van der Waals surface area contributed by atoms with Crippen LogP contribution in [0.25, 0.3) is 0 Å². The summed E-state index contributed by atoms with van der Waals surface area (Å²) in [6.07, 6.45) is 1.36. The lowest BCUT2D eigenvalue weighted by molar-refractivity contribution is -0.384. The lowest BCUT2D eigenvalue weighted by atomic mass is 9.73. The van der Waals surface area contributed by atoms with Crippen LogP contribution >= 0.6 is 0 Å². The number of ketones is 1. The van der Waals surface area contributed by atoms with Crippen molar-refractivity contribution < 1.29 is 14.5 Å². The van der Waals surface area contributed by atoms with Crippen LogP contribution in [0.15, 0.2) is 59.8 Å². The molecule has 1 heterocycles. The van der Waals surface area contributed by atoms with Gasteiger partial charge in [0, 0.05) is 36.2 Å². The number of carbonyl (C=O) groups excluding carboxylic acids is 2. The SMILES string of the molecule is CC(C)CC(=O)N1c2ccccc2NC2=C(C(=O)CC(C)(C)C2)[C@@H]1c1ccc([N+](=O)[O-])cc1. The van der Waals surface area contributed by atoms with E-state index in [-0.39, 0.29) is 28.7 Å². The molecule has 1 aliphatic carbocycles. The molecule has 0 fully saturated rings. The van der Waals surface area contributed by atoms with Gasteiger partial charge in [0.05, 0.1) is 22.3 Å². The van der Waals surface area contributed by atoms with Crippen molar-refractivity contribution in [1.82, 2.24) is 0 Å². The third-order valence-corrected chi connectivity index (χ3v) is 6.17. The highest BCUT2D eigenvalue weighted by Gasteiger charge is 2.43. The van der Waals surface area contributed by atoms with Crippen molar-refractivity contribution in [2.45, 2.75) is 53.0 Å². The van der Waals surface area contributed by atoms with Crippen molar-refractivity contribution >= 4 is 28.8 Å². The van der Waals surface area contributed by atoms with Crippen LogP contribution in [0.3, 0.4) is 0 Å². The van der Waals surface area contributed by atoms with Crippen LogP contribution in [0.2, 0.25) is 0 Å². The average molecular weight is 448 g/mol. The Morgan fingerprint density at radius 3 is 2.45 bits per heavy atom. The Morgan fingerprint density at radius 2 is 1.82 bits per heavy atom. The minimum absolute atomic E-state index is 0.00717.